The highest BCUT2D eigenvalue weighted by molar-refractivity contribution is 9.10. The number of amides is 2. The molecule has 0 radical (unpaired) electrons. The molecule has 0 aliphatic rings. The number of halogens is 1. The van der Waals surface area contributed by atoms with Gasteiger partial charge in [0.1, 0.15) is 12.6 Å². The quantitative estimate of drug-likeness (QED) is 0.508. The van der Waals surface area contributed by atoms with Gasteiger partial charge in [0.05, 0.1) is 11.9 Å². The fourth-order valence-electron chi connectivity index (χ4n) is 3.35. The van der Waals surface area contributed by atoms with Crippen molar-refractivity contribution in [1.29, 1.82) is 0 Å². The number of hydrogen-bond donors (Lipinski definition) is 1. The van der Waals surface area contributed by atoms with Gasteiger partial charge in [-0.2, -0.15) is 0 Å². The van der Waals surface area contributed by atoms with E-state index >= 15 is 0 Å². The minimum atomic E-state index is -3.74. The molecule has 1 atom stereocenters. The molecular formula is C25H34BrN3O4S. The highest BCUT2D eigenvalue weighted by atomic mass is 79.9. The van der Waals surface area contributed by atoms with Crippen LogP contribution >= 0.6 is 15.9 Å². The van der Waals surface area contributed by atoms with Gasteiger partial charge in [-0.3, -0.25) is 13.9 Å². The molecule has 0 fully saturated rings. The van der Waals surface area contributed by atoms with Gasteiger partial charge in [-0.1, -0.05) is 47.1 Å². The Bertz CT molecular complexity index is 1090. The van der Waals surface area contributed by atoms with Crippen molar-refractivity contribution < 1.29 is 18.0 Å². The lowest BCUT2D eigenvalue weighted by molar-refractivity contribution is -0.140. The van der Waals surface area contributed by atoms with Crippen molar-refractivity contribution in [3.05, 3.63) is 64.1 Å². The lowest BCUT2D eigenvalue weighted by Crippen LogP contribution is -2.54. The monoisotopic (exact) mass is 551 g/mol. The van der Waals surface area contributed by atoms with E-state index in [1.807, 2.05) is 64.1 Å². The van der Waals surface area contributed by atoms with Gasteiger partial charge in [0, 0.05) is 16.6 Å². The number of anilines is 1. The Morgan fingerprint density at radius 3 is 2.00 bits per heavy atom. The van der Waals surface area contributed by atoms with Crippen molar-refractivity contribution in [2.75, 3.05) is 17.1 Å². The summed E-state index contributed by atoms with van der Waals surface area (Å²) in [4.78, 5) is 27.9. The number of sulfonamides is 1. The van der Waals surface area contributed by atoms with Crippen molar-refractivity contribution in [1.82, 2.24) is 10.2 Å². The van der Waals surface area contributed by atoms with Gasteiger partial charge < -0.3 is 10.2 Å². The highest BCUT2D eigenvalue weighted by Gasteiger charge is 2.31. The summed E-state index contributed by atoms with van der Waals surface area (Å²) in [5, 5.41) is 2.90. The van der Waals surface area contributed by atoms with E-state index in [0.29, 0.717) is 5.69 Å². The lowest BCUT2D eigenvalue weighted by Gasteiger charge is -2.33. The number of nitrogens with zero attached hydrogens (tertiary/aromatic N) is 2. The number of rotatable bonds is 9. The number of aryl methyl sites for hydroxylation is 1. The summed E-state index contributed by atoms with van der Waals surface area (Å²) in [6, 6.07) is 13.7. The molecule has 0 unspecified atom stereocenters. The van der Waals surface area contributed by atoms with Gasteiger partial charge in [0.25, 0.3) is 0 Å². The van der Waals surface area contributed by atoms with E-state index in [9.17, 15) is 18.0 Å². The fraction of sp³-hybridized carbons (Fsp3) is 0.440. The Morgan fingerprint density at radius 2 is 1.53 bits per heavy atom. The number of nitrogens with one attached hydrogen (secondary N) is 1. The van der Waals surface area contributed by atoms with Crippen LogP contribution in [0.25, 0.3) is 0 Å². The molecule has 1 N–H and O–H groups in total. The lowest BCUT2D eigenvalue weighted by atomic mass is 10.1. The van der Waals surface area contributed by atoms with Crippen LogP contribution < -0.4 is 9.62 Å². The largest absolute Gasteiger partial charge is 0.350 e. The van der Waals surface area contributed by atoms with Crippen LogP contribution in [0.15, 0.2) is 53.0 Å². The molecule has 34 heavy (non-hydrogen) atoms. The zero-order valence-corrected chi connectivity index (χ0v) is 23.0. The maximum atomic E-state index is 13.5. The summed E-state index contributed by atoms with van der Waals surface area (Å²) in [7, 11) is -3.74. The first-order valence-electron chi connectivity index (χ1n) is 11.1. The van der Waals surface area contributed by atoms with Crippen LogP contribution in [0.4, 0.5) is 5.69 Å². The van der Waals surface area contributed by atoms with Crippen molar-refractivity contribution in [3.63, 3.8) is 0 Å². The van der Waals surface area contributed by atoms with Crippen LogP contribution in [0.3, 0.4) is 0 Å². The second-order valence-corrected chi connectivity index (χ2v) is 12.2. The third-order valence-corrected chi connectivity index (χ3v) is 6.91. The molecule has 0 aliphatic heterocycles. The standard InChI is InChI=1S/C25H34BrN3O4S/c1-7-19-10-14-22(15-11-19)29(34(6,32)33)17-23(30)28(16-20-8-12-21(26)13-9-20)18(2)24(31)27-25(3,4)5/h8-15,18H,7,16-17H2,1-6H3,(H,27,31)/t18-/m1/s1. The summed E-state index contributed by atoms with van der Waals surface area (Å²) in [5.41, 5.74) is 1.82. The molecule has 0 bridgehead atoms. The SMILES string of the molecule is CCc1ccc(N(CC(=O)N(Cc2ccc(Br)cc2)[C@H](C)C(=O)NC(C)(C)C)S(C)(=O)=O)cc1. The van der Waals surface area contributed by atoms with E-state index < -0.39 is 34.1 Å². The van der Waals surface area contributed by atoms with Gasteiger partial charge in [0.15, 0.2) is 0 Å². The Balaban J connectivity index is 2.38. The summed E-state index contributed by atoms with van der Waals surface area (Å²) < 4.78 is 27.2. The van der Waals surface area contributed by atoms with Crippen LogP contribution in [0, 0.1) is 0 Å². The maximum Gasteiger partial charge on any atom is 0.244 e. The van der Waals surface area contributed by atoms with Gasteiger partial charge in [-0.15, -0.1) is 0 Å². The van der Waals surface area contributed by atoms with Crippen LogP contribution in [-0.2, 0) is 32.6 Å². The molecule has 7 nitrogen and oxygen atoms in total. The molecule has 2 aromatic rings. The molecule has 0 aliphatic carbocycles. The molecule has 2 aromatic carbocycles. The zero-order chi connectivity index (χ0) is 25.7. The first-order chi connectivity index (χ1) is 15.7. The number of benzene rings is 2. The maximum absolute atomic E-state index is 13.5. The summed E-state index contributed by atoms with van der Waals surface area (Å²) in [5.74, 6) is -0.777. The van der Waals surface area contributed by atoms with Crippen molar-refractivity contribution in [2.45, 2.75) is 59.2 Å². The Labute approximate surface area is 211 Å². The van der Waals surface area contributed by atoms with Crippen molar-refractivity contribution >= 4 is 43.5 Å². The average molecular weight is 553 g/mol. The smallest absolute Gasteiger partial charge is 0.244 e. The number of hydrogen-bond acceptors (Lipinski definition) is 4. The third kappa shape index (κ3) is 8.13. The number of carbonyl (C=O) groups excluding carboxylic acids is 2. The molecule has 0 heterocycles. The number of carbonyl (C=O) groups is 2. The molecule has 2 rings (SSSR count). The summed E-state index contributed by atoms with van der Waals surface area (Å²) >= 11 is 3.40. The van der Waals surface area contributed by atoms with E-state index in [2.05, 4.69) is 21.2 Å². The summed E-state index contributed by atoms with van der Waals surface area (Å²) in [6.07, 6.45) is 1.89. The third-order valence-electron chi connectivity index (χ3n) is 5.24. The molecule has 0 saturated heterocycles. The van der Waals surface area contributed by atoms with Crippen LogP contribution in [0.2, 0.25) is 0 Å². The molecule has 0 spiro atoms. The second-order valence-electron chi connectivity index (χ2n) is 9.35. The van der Waals surface area contributed by atoms with E-state index in [1.54, 1.807) is 19.1 Å². The van der Waals surface area contributed by atoms with Crippen LogP contribution in [-0.4, -0.2) is 49.5 Å². The fourth-order valence-corrected chi connectivity index (χ4v) is 4.47. The second kappa shape index (κ2) is 11.4. The minimum Gasteiger partial charge on any atom is -0.350 e. The predicted molar refractivity (Wildman–Crippen MR) is 140 cm³/mol. The molecule has 9 heteroatoms. The Kier molecular flexibility index (Phi) is 9.30. The average Bonchev–Trinajstić information content (AvgIpc) is 2.74. The molecular weight excluding hydrogens is 518 g/mol. The molecule has 186 valence electrons. The molecule has 2 amide bonds. The highest BCUT2D eigenvalue weighted by Crippen LogP contribution is 2.21. The van der Waals surface area contributed by atoms with Crippen molar-refractivity contribution in [3.8, 4) is 0 Å². The Morgan fingerprint density at radius 1 is 1.00 bits per heavy atom. The molecule has 0 saturated carbocycles. The zero-order valence-electron chi connectivity index (χ0n) is 20.6. The predicted octanol–water partition coefficient (Wildman–Crippen LogP) is 4.11. The first-order valence-corrected chi connectivity index (χ1v) is 13.8. The van der Waals surface area contributed by atoms with E-state index in [1.165, 1.54) is 4.90 Å². The van der Waals surface area contributed by atoms with Gasteiger partial charge in [0.2, 0.25) is 21.8 Å². The Hall–Kier alpha value is -2.39. The van der Waals surface area contributed by atoms with Gasteiger partial charge >= 0.3 is 0 Å². The first kappa shape index (κ1) is 27.9. The van der Waals surface area contributed by atoms with E-state index in [4.69, 9.17) is 0 Å². The molecule has 0 aromatic heterocycles. The van der Waals surface area contributed by atoms with Crippen molar-refractivity contribution in [2.24, 2.45) is 0 Å². The van der Waals surface area contributed by atoms with Crippen LogP contribution in [0.5, 0.6) is 0 Å². The topological polar surface area (TPSA) is 86.8 Å². The van der Waals surface area contributed by atoms with Crippen LogP contribution in [0.1, 0.15) is 45.7 Å². The summed E-state index contributed by atoms with van der Waals surface area (Å²) in [6.45, 7) is 9.01. The van der Waals surface area contributed by atoms with E-state index in [-0.39, 0.29) is 12.5 Å². The minimum absolute atomic E-state index is 0.164. The normalized spacial score (nSPS) is 12.7. The van der Waals surface area contributed by atoms with Gasteiger partial charge in [-0.25, -0.2) is 8.42 Å². The van der Waals surface area contributed by atoms with Gasteiger partial charge in [-0.05, 0) is 69.5 Å². The van der Waals surface area contributed by atoms with E-state index in [0.717, 1.165) is 32.6 Å².